The third kappa shape index (κ3) is 4.90. The van der Waals surface area contributed by atoms with Crippen LogP contribution in [0.15, 0.2) is 24.3 Å². The second-order valence-corrected chi connectivity index (χ2v) is 10.3. The molecule has 1 aromatic carbocycles. The van der Waals surface area contributed by atoms with Crippen molar-refractivity contribution in [3.8, 4) is 0 Å². The number of nitrogens with two attached hydrogens (primary N) is 1. The minimum atomic E-state index is -0.496. The molecular weight excluding hydrogens is 439 g/mol. The average molecular weight is 465 g/mol. The number of anilines is 1. The number of hydrogen-bond donors (Lipinski definition) is 2. The third-order valence-electron chi connectivity index (χ3n) is 6.14. The topological polar surface area (TPSA) is 72.2 Å². The SMILES string of the molecule is CCC(C)(C)C1CCc2c(sc(NC(=O)C=Cc3ccc(Cl)c(Cl)c3)c2C(N)=O)C1. The van der Waals surface area contributed by atoms with E-state index in [2.05, 4.69) is 26.1 Å². The summed E-state index contributed by atoms with van der Waals surface area (Å²) >= 11 is 13.4. The summed E-state index contributed by atoms with van der Waals surface area (Å²) in [6, 6.07) is 5.13. The van der Waals surface area contributed by atoms with Gasteiger partial charge in [0.05, 0.1) is 15.6 Å². The summed E-state index contributed by atoms with van der Waals surface area (Å²) in [5.74, 6) is -0.274. The molecule has 0 fully saturated rings. The Morgan fingerprint density at radius 2 is 2.03 bits per heavy atom. The van der Waals surface area contributed by atoms with Gasteiger partial charge in [0.2, 0.25) is 5.91 Å². The number of fused-ring (bicyclic) bond motifs is 1. The van der Waals surface area contributed by atoms with Crippen LogP contribution in [0.1, 0.15) is 60.0 Å². The molecule has 7 heteroatoms. The Labute approximate surface area is 191 Å². The highest BCUT2D eigenvalue weighted by Crippen LogP contribution is 2.45. The van der Waals surface area contributed by atoms with E-state index in [1.807, 2.05) is 0 Å². The van der Waals surface area contributed by atoms with Gasteiger partial charge in [-0.2, -0.15) is 0 Å². The van der Waals surface area contributed by atoms with Gasteiger partial charge >= 0.3 is 0 Å². The van der Waals surface area contributed by atoms with Crippen molar-refractivity contribution in [2.45, 2.75) is 46.5 Å². The van der Waals surface area contributed by atoms with Gasteiger partial charge in [0.15, 0.2) is 0 Å². The number of hydrogen-bond acceptors (Lipinski definition) is 3. The molecule has 1 aromatic heterocycles. The molecule has 0 radical (unpaired) electrons. The van der Waals surface area contributed by atoms with Crippen LogP contribution in [0, 0.1) is 11.3 Å². The maximum atomic E-state index is 12.5. The lowest BCUT2D eigenvalue weighted by Gasteiger charge is -2.36. The number of carbonyl (C=O) groups excluding carboxylic acids is 2. The predicted molar refractivity (Wildman–Crippen MR) is 127 cm³/mol. The highest BCUT2D eigenvalue weighted by molar-refractivity contribution is 7.17. The number of halogens is 2. The predicted octanol–water partition coefficient (Wildman–Crippen LogP) is 6.35. The molecule has 30 heavy (non-hydrogen) atoms. The van der Waals surface area contributed by atoms with Crippen LogP contribution in [0.5, 0.6) is 0 Å². The van der Waals surface area contributed by atoms with Gasteiger partial charge in [-0.15, -0.1) is 11.3 Å². The molecule has 3 N–H and O–H groups in total. The Morgan fingerprint density at radius 1 is 1.30 bits per heavy atom. The fourth-order valence-electron chi connectivity index (χ4n) is 3.83. The van der Waals surface area contributed by atoms with Gasteiger partial charge < -0.3 is 11.1 Å². The molecule has 2 amide bonds. The van der Waals surface area contributed by atoms with Crippen molar-refractivity contribution >= 4 is 57.4 Å². The first-order valence-electron chi connectivity index (χ1n) is 10.0. The van der Waals surface area contributed by atoms with Gasteiger partial charge in [-0.25, -0.2) is 0 Å². The second-order valence-electron chi connectivity index (χ2n) is 8.35. The van der Waals surface area contributed by atoms with E-state index in [9.17, 15) is 9.59 Å². The van der Waals surface area contributed by atoms with Crippen molar-refractivity contribution < 1.29 is 9.59 Å². The maximum Gasteiger partial charge on any atom is 0.251 e. The van der Waals surface area contributed by atoms with Gasteiger partial charge in [0, 0.05) is 11.0 Å². The normalized spacial score (nSPS) is 16.5. The molecule has 1 atom stereocenters. The smallest absolute Gasteiger partial charge is 0.251 e. The molecule has 0 aliphatic heterocycles. The van der Waals surface area contributed by atoms with Crippen LogP contribution in [-0.4, -0.2) is 11.8 Å². The maximum absolute atomic E-state index is 12.5. The van der Waals surface area contributed by atoms with E-state index in [1.165, 1.54) is 17.4 Å². The highest BCUT2D eigenvalue weighted by atomic mass is 35.5. The monoisotopic (exact) mass is 464 g/mol. The third-order valence-corrected chi connectivity index (χ3v) is 8.04. The molecule has 2 aromatic rings. The van der Waals surface area contributed by atoms with Crippen molar-refractivity contribution in [2.75, 3.05) is 5.32 Å². The molecule has 3 rings (SSSR count). The van der Waals surface area contributed by atoms with Crippen molar-refractivity contribution in [2.24, 2.45) is 17.1 Å². The number of thiophene rings is 1. The standard InChI is InChI=1S/C23H26Cl2N2O2S/c1-4-23(2,3)14-7-8-15-18(12-14)30-22(20(15)21(26)29)27-19(28)10-6-13-5-9-16(24)17(25)11-13/h5-6,9-11,14H,4,7-8,12H2,1-3H3,(H2,26,29)(H,27,28). The molecule has 1 aliphatic carbocycles. The molecule has 1 unspecified atom stereocenters. The van der Waals surface area contributed by atoms with E-state index < -0.39 is 5.91 Å². The Bertz CT molecular complexity index is 1010. The summed E-state index contributed by atoms with van der Waals surface area (Å²) in [5.41, 5.74) is 8.12. The fourth-order valence-corrected chi connectivity index (χ4v) is 5.47. The Morgan fingerprint density at radius 3 is 2.67 bits per heavy atom. The number of benzene rings is 1. The van der Waals surface area contributed by atoms with E-state index in [0.717, 1.165) is 41.7 Å². The van der Waals surface area contributed by atoms with Crippen LogP contribution in [0.25, 0.3) is 6.08 Å². The van der Waals surface area contributed by atoms with Gasteiger partial charge in [-0.05, 0) is 59.9 Å². The van der Waals surface area contributed by atoms with Gasteiger partial charge in [0.25, 0.3) is 5.91 Å². The first-order chi connectivity index (χ1) is 14.1. The van der Waals surface area contributed by atoms with Crippen molar-refractivity contribution in [1.29, 1.82) is 0 Å². The fraction of sp³-hybridized carbons (Fsp3) is 0.391. The van der Waals surface area contributed by atoms with Crippen LogP contribution in [0.3, 0.4) is 0 Å². The van der Waals surface area contributed by atoms with Gasteiger partial charge in [-0.3, -0.25) is 9.59 Å². The van der Waals surface area contributed by atoms with E-state index in [1.54, 1.807) is 24.3 Å². The van der Waals surface area contributed by atoms with Crippen LogP contribution in [-0.2, 0) is 17.6 Å². The first kappa shape index (κ1) is 22.9. The zero-order valence-electron chi connectivity index (χ0n) is 17.4. The number of carbonyl (C=O) groups is 2. The Balaban J connectivity index is 1.81. The summed E-state index contributed by atoms with van der Waals surface area (Å²) in [6.07, 6.45) is 6.91. The number of amides is 2. The molecule has 1 heterocycles. The largest absolute Gasteiger partial charge is 0.365 e. The number of nitrogens with one attached hydrogen (secondary N) is 1. The van der Waals surface area contributed by atoms with Crippen LogP contribution in [0.4, 0.5) is 5.00 Å². The zero-order chi connectivity index (χ0) is 22.1. The van der Waals surface area contributed by atoms with Crippen molar-refractivity contribution in [1.82, 2.24) is 0 Å². The Hall–Kier alpha value is -1.82. The molecule has 1 aliphatic rings. The van der Waals surface area contributed by atoms with E-state index in [-0.39, 0.29) is 11.3 Å². The van der Waals surface area contributed by atoms with Crippen LogP contribution < -0.4 is 11.1 Å². The van der Waals surface area contributed by atoms with E-state index in [0.29, 0.717) is 26.5 Å². The molecule has 0 bridgehead atoms. The van der Waals surface area contributed by atoms with Crippen molar-refractivity contribution in [3.63, 3.8) is 0 Å². The molecular formula is C23H26Cl2N2O2S. The summed E-state index contributed by atoms with van der Waals surface area (Å²) in [6.45, 7) is 6.80. The second kappa shape index (κ2) is 9.13. The highest BCUT2D eigenvalue weighted by Gasteiger charge is 2.34. The summed E-state index contributed by atoms with van der Waals surface area (Å²) in [7, 11) is 0. The summed E-state index contributed by atoms with van der Waals surface area (Å²) in [5, 5.41) is 4.26. The molecule has 0 saturated heterocycles. The molecule has 0 spiro atoms. The minimum absolute atomic E-state index is 0.237. The molecule has 160 valence electrons. The lowest BCUT2D eigenvalue weighted by atomic mass is 9.69. The molecule has 4 nitrogen and oxygen atoms in total. The summed E-state index contributed by atoms with van der Waals surface area (Å²) < 4.78 is 0. The minimum Gasteiger partial charge on any atom is -0.365 e. The van der Waals surface area contributed by atoms with Gasteiger partial charge in [-0.1, -0.05) is 56.5 Å². The van der Waals surface area contributed by atoms with Crippen molar-refractivity contribution in [3.05, 3.63) is 55.9 Å². The lowest BCUT2D eigenvalue weighted by molar-refractivity contribution is -0.111. The Kier molecular flexibility index (Phi) is 6.95. The quantitative estimate of drug-likeness (QED) is 0.488. The van der Waals surface area contributed by atoms with E-state index in [4.69, 9.17) is 28.9 Å². The number of primary amides is 1. The average Bonchev–Trinajstić information content (AvgIpc) is 3.05. The van der Waals surface area contributed by atoms with E-state index >= 15 is 0 Å². The lowest BCUT2D eigenvalue weighted by Crippen LogP contribution is -2.29. The molecule has 0 saturated carbocycles. The zero-order valence-corrected chi connectivity index (χ0v) is 19.7. The van der Waals surface area contributed by atoms with Gasteiger partial charge in [0.1, 0.15) is 5.00 Å². The van der Waals surface area contributed by atoms with Crippen LogP contribution in [0.2, 0.25) is 10.0 Å². The number of rotatable bonds is 6. The summed E-state index contributed by atoms with van der Waals surface area (Å²) in [4.78, 5) is 25.8. The first-order valence-corrected chi connectivity index (χ1v) is 11.6. The van der Waals surface area contributed by atoms with Crippen LogP contribution >= 0.6 is 34.5 Å².